The zero-order valence-corrected chi connectivity index (χ0v) is 18.3. The Bertz CT molecular complexity index is 1120. The average Bonchev–Trinajstić information content (AvgIpc) is 2.78. The number of ether oxygens (including phenoxy) is 1. The molecular formula is C23H25N3O4S. The first-order chi connectivity index (χ1) is 14.9. The molecule has 2 aromatic carbocycles. The Balaban J connectivity index is 1.87. The van der Waals surface area contributed by atoms with E-state index in [4.69, 9.17) is 4.74 Å². The van der Waals surface area contributed by atoms with Gasteiger partial charge in [0.25, 0.3) is 0 Å². The van der Waals surface area contributed by atoms with Gasteiger partial charge in [0.1, 0.15) is 10.6 Å². The van der Waals surface area contributed by atoms with Crippen molar-refractivity contribution >= 4 is 15.9 Å². The fourth-order valence-corrected chi connectivity index (χ4v) is 4.68. The van der Waals surface area contributed by atoms with Crippen molar-refractivity contribution in [2.24, 2.45) is 0 Å². The molecule has 0 saturated heterocycles. The van der Waals surface area contributed by atoms with Gasteiger partial charge in [0.05, 0.1) is 13.7 Å². The highest BCUT2D eigenvalue weighted by atomic mass is 32.2. The van der Waals surface area contributed by atoms with Gasteiger partial charge in [0, 0.05) is 25.5 Å². The Morgan fingerprint density at radius 1 is 1.03 bits per heavy atom. The molecule has 0 aliphatic carbocycles. The molecule has 0 aliphatic rings. The second-order valence-corrected chi connectivity index (χ2v) is 8.95. The van der Waals surface area contributed by atoms with Crippen molar-refractivity contribution in [3.05, 3.63) is 89.7 Å². The van der Waals surface area contributed by atoms with E-state index in [1.54, 1.807) is 49.6 Å². The van der Waals surface area contributed by atoms with Gasteiger partial charge in [-0.05, 0) is 47.9 Å². The monoisotopic (exact) mass is 439 g/mol. The third-order valence-electron chi connectivity index (χ3n) is 4.70. The van der Waals surface area contributed by atoms with E-state index >= 15 is 0 Å². The molecule has 31 heavy (non-hydrogen) atoms. The number of amides is 1. The third-order valence-corrected chi connectivity index (χ3v) is 6.51. The van der Waals surface area contributed by atoms with E-state index in [1.165, 1.54) is 11.4 Å². The number of benzene rings is 2. The molecule has 7 nitrogen and oxygen atoms in total. The molecule has 0 bridgehead atoms. The molecule has 0 atom stereocenters. The summed E-state index contributed by atoms with van der Waals surface area (Å²) in [6.45, 7) is 1.83. The number of nitrogens with one attached hydrogen (secondary N) is 1. The number of hydrogen-bond acceptors (Lipinski definition) is 5. The average molecular weight is 440 g/mol. The van der Waals surface area contributed by atoms with E-state index in [9.17, 15) is 13.2 Å². The van der Waals surface area contributed by atoms with Crippen molar-refractivity contribution in [2.75, 3.05) is 13.7 Å². The summed E-state index contributed by atoms with van der Waals surface area (Å²) in [5, 5.41) is 2.77. The molecule has 0 fully saturated rings. The Morgan fingerprint density at radius 3 is 2.42 bits per heavy atom. The van der Waals surface area contributed by atoms with E-state index in [1.807, 2.05) is 30.3 Å². The molecule has 0 unspecified atom stereocenters. The van der Waals surface area contributed by atoms with Gasteiger partial charge in [-0.1, -0.05) is 36.4 Å². The summed E-state index contributed by atoms with van der Waals surface area (Å²) in [4.78, 5) is 16.6. The highest BCUT2D eigenvalue weighted by Gasteiger charge is 2.30. The van der Waals surface area contributed by atoms with Crippen LogP contribution in [0.4, 0.5) is 0 Å². The number of methoxy groups -OCH3 is 1. The number of nitrogens with zero attached hydrogens (tertiary/aromatic N) is 2. The fourth-order valence-electron chi connectivity index (χ4n) is 3.05. The van der Waals surface area contributed by atoms with Crippen molar-refractivity contribution in [1.29, 1.82) is 0 Å². The Kier molecular flexibility index (Phi) is 7.38. The van der Waals surface area contributed by atoms with E-state index in [2.05, 4.69) is 10.3 Å². The Hall–Kier alpha value is -3.23. The summed E-state index contributed by atoms with van der Waals surface area (Å²) in [6, 6.07) is 17.7. The number of aromatic nitrogens is 1. The van der Waals surface area contributed by atoms with Gasteiger partial charge in [-0.15, -0.1) is 0 Å². The van der Waals surface area contributed by atoms with E-state index in [0.717, 1.165) is 16.7 Å². The van der Waals surface area contributed by atoms with Gasteiger partial charge in [0.15, 0.2) is 0 Å². The first kappa shape index (κ1) is 22.5. The van der Waals surface area contributed by atoms with Gasteiger partial charge in [-0.25, -0.2) is 8.42 Å². The van der Waals surface area contributed by atoms with Gasteiger partial charge < -0.3 is 10.1 Å². The second kappa shape index (κ2) is 10.2. The lowest BCUT2D eigenvalue weighted by atomic mass is 10.2. The summed E-state index contributed by atoms with van der Waals surface area (Å²) >= 11 is 0. The summed E-state index contributed by atoms with van der Waals surface area (Å²) < 4.78 is 33.5. The number of rotatable bonds is 9. The molecule has 1 heterocycles. The molecule has 3 aromatic rings. The van der Waals surface area contributed by atoms with Gasteiger partial charge in [-0.2, -0.15) is 4.31 Å². The standard InChI is InChI=1S/C23H25N3O4S/c1-18-8-9-21(30-2)22(14-18)31(28,29)26(16-20-6-4-3-5-7-20)17-23(27)25-15-19-10-12-24-13-11-19/h3-14H,15-17H2,1-2H3,(H,25,27). The molecule has 0 radical (unpaired) electrons. The van der Waals surface area contributed by atoms with Crippen molar-refractivity contribution in [1.82, 2.24) is 14.6 Å². The van der Waals surface area contributed by atoms with E-state index in [0.29, 0.717) is 0 Å². The fraction of sp³-hybridized carbons (Fsp3) is 0.217. The number of sulfonamides is 1. The van der Waals surface area contributed by atoms with E-state index < -0.39 is 15.9 Å². The first-order valence-electron chi connectivity index (χ1n) is 9.74. The molecular weight excluding hydrogens is 414 g/mol. The Morgan fingerprint density at radius 2 is 1.74 bits per heavy atom. The smallest absolute Gasteiger partial charge is 0.247 e. The molecule has 162 valence electrons. The van der Waals surface area contributed by atoms with E-state index in [-0.39, 0.29) is 30.3 Å². The predicted octanol–water partition coefficient (Wildman–Crippen LogP) is 2.91. The van der Waals surface area contributed by atoms with Crippen LogP contribution in [0.5, 0.6) is 5.75 Å². The lowest BCUT2D eigenvalue weighted by molar-refractivity contribution is -0.121. The highest BCUT2D eigenvalue weighted by molar-refractivity contribution is 7.89. The zero-order chi connectivity index (χ0) is 22.3. The SMILES string of the molecule is COc1ccc(C)cc1S(=O)(=O)N(CC(=O)NCc1ccncc1)Cc1ccccc1. The Labute approximate surface area is 182 Å². The van der Waals surface area contributed by atoms with Crippen LogP contribution >= 0.6 is 0 Å². The second-order valence-electron chi connectivity index (χ2n) is 7.05. The van der Waals surface area contributed by atoms with Crippen LogP contribution < -0.4 is 10.1 Å². The molecule has 0 aliphatic heterocycles. The summed E-state index contributed by atoms with van der Waals surface area (Å²) in [5.74, 6) is -0.163. The van der Waals surface area contributed by atoms with Crippen LogP contribution in [0.15, 0.2) is 78.0 Å². The minimum Gasteiger partial charge on any atom is -0.495 e. The minimum absolute atomic E-state index is 0.0351. The lowest BCUT2D eigenvalue weighted by Crippen LogP contribution is -2.40. The predicted molar refractivity (Wildman–Crippen MR) is 118 cm³/mol. The van der Waals surface area contributed by atoms with Crippen LogP contribution in [0.1, 0.15) is 16.7 Å². The maximum atomic E-state index is 13.5. The number of aryl methyl sites for hydroxylation is 1. The van der Waals surface area contributed by atoms with Crippen LogP contribution in [0.2, 0.25) is 0 Å². The topological polar surface area (TPSA) is 88.6 Å². The van der Waals surface area contributed by atoms with Crippen molar-refractivity contribution in [3.8, 4) is 5.75 Å². The van der Waals surface area contributed by atoms with Gasteiger partial charge in [0.2, 0.25) is 15.9 Å². The van der Waals surface area contributed by atoms with Crippen LogP contribution in [0.25, 0.3) is 0 Å². The molecule has 0 spiro atoms. The molecule has 8 heteroatoms. The summed E-state index contributed by atoms with van der Waals surface area (Å²) in [7, 11) is -2.58. The number of pyridine rings is 1. The molecule has 0 saturated carbocycles. The summed E-state index contributed by atoms with van der Waals surface area (Å²) in [6.07, 6.45) is 3.27. The van der Waals surface area contributed by atoms with Crippen LogP contribution in [0.3, 0.4) is 0 Å². The van der Waals surface area contributed by atoms with Crippen LogP contribution in [-0.4, -0.2) is 37.3 Å². The minimum atomic E-state index is -4.01. The first-order valence-corrected chi connectivity index (χ1v) is 11.2. The quantitative estimate of drug-likeness (QED) is 0.554. The number of carbonyl (C=O) groups excluding carboxylic acids is 1. The van der Waals surface area contributed by atoms with Crippen molar-refractivity contribution in [3.63, 3.8) is 0 Å². The van der Waals surface area contributed by atoms with Crippen molar-refractivity contribution < 1.29 is 17.9 Å². The highest BCUT2D eigenvalue weighted by Crippen LogP contribution is 2.28. The largest absolute Gasteiger partial charge is 0.495 e. The number of carbonyl (C=O) groups is 1. The maximum absolute atomic E-state index is 13.5. The normalized spacial score (nSPS) is 11.3. The third kappa shape index (κ3) is 5.90. The molecule has 1 aromatic heterocycles. The zero-order valence-electron chi connectivity index (χ0n) is 17.5. The summed E-state index contributed by atoms with van der Waals surface area (Å²) in [5.41, 5.74) is 2.43. The van der Waals surface area contributed by atoms with Crippen LogP contribution in [0, 0.1) is 6.92 Å². The van der Waals surface area contributed by atoms with Gasteiger partial charge >= 0.3 is 0 Å². The van der Waals surface area contributed by atoms with Gasteiger partial charge in [-0.3, -0.25) is 9.78 Å². The van der Waals surface area contributed by atoms with Crippen molar-refractivity contribution in [2.45, 2.75) is 24.9 Å². The maximum Gasteiger partial charge on any atom is 0.247 e. The van der Waals surface area contributed by atoms with Crippen LogP contribution in [-0.2, 0) is 27.9 Å². The lowest BCUT2D eigenvalue weighted by Gasteiger charge is -2.23. The number of hydrogen-bond donors (Lipinski definition) is 1. The molecule has 3 rings (SSSR count). The molecule has 1 N–H and O–H groups in total. The molecule has 1 amide bonds.